The van der Waals surface area contributed by atoms with Crippen molar-refractivity contribution in [2.75, 3.05) is 24.4 Å². The number of anilines is 1. The summed E-state index contributed by atoms with van der Waals surface area (Å²) >= 11 is 1.72. The van der Waals surface area contributed by atoms with Crippen molar-refractivity contribution in [3.8, 4) is 0 Å². The summed E-state index contributed by atoms with van der Waals surface area (Å²) in [5.41, 5.74) is 2.31. The van der Waals surface area contributed by atoms with E-state index in [2.05, 4.69) is 50.3 Å². The summed E-state index contributed by atoms with van der Waals surface area (Å²) in [6.45, 7) is 8.48. The smallest absolute Gasteiger partial charge is 0.125 e. The Morgan fingerprint density at radius 1 is 1.32 bits per heavy atom. The van der Waals surface area contributed by atoms with E-state index in [1.807, 2.05) is 18.3 Å². The van der Waals surface area contributed by atoms with E-state index in [9.17, 15) is 4.39 Å². The Hall–Kier alpha value is -1.57. The molecule has 1 spiro atoms. The third kappa shape index (κ3) is 3.80. The molecule has 28 heavy (non-hydrogen) atoms. The first-order valence-corrected chi connectivity index (χ1v) is 10.9. The lowest BCUT2D eigenvalue weighted by Crippen LogP contribution is -2.56. The van der Waals surface area contributed by atoms with Gasteiger partial charge in [0.1, 0.15) is 5.82 Å². The first-order chi connectivity index (χ1) is 13.5. The lowest BCUT2D eigenvalue weighted by molar-refractivity contribution is 0.0977. The fourth-order valence-corrected chi connectivity index (χ4v) is 5.87. The molecule has 0 unspecified atom stereocenters. The fraction of sp³-hybridized carbons (Fsp3) is 0.571. The summed E-state index contributed by atoms with van der Waals surface area (Å²) in [6, 6.07) is 9.62. The van der Waals surface area contributed by atoms with Gasteiger partial charge in [-0.1, -0.05) is 13.0 Å². The molecule has 2 aliphatic rings. The lowest BCUT2D eigenvalue weighted by Gasteiger charge is -2.47. The minimum atomic E-state index is -0.169. The summed E-state index contributed by atoms with van der Waals surface area (Å²) in [6.07, 6.45) is 5.16. The number of benzene rings is 1. The summed E-state index contributed by atoms with van der Waals surface area (Å²) < 4.78 is 20.6. The van der Waals surface area contributed by atoms with Crippen molar-refractivity contribution in [3.05, 3.63) is 48.0 Å². The lowest BCUT2D eigenvalue weighted by atomic mass is 9.83. The quantitative estimate of drug-likeness (QED) is 0.699. The number of piperidine rings is 1. The number of likely N-dealkylation sites (N-methyl/N-ethyl adjacent to an activating group) is 1. The molecule has 5 nitrogen and oxygen atoms in total. The van der Waals surface area contributed by atoms with Crippen molar-refractivity contribution < 1.29 is 4.39 Å². The second kappa shape index (κ2) is 8.05. The van der Waals surface area contributed by atoms with Crippen LogP contribution in [0.4, 0.5) is 10.1 Å². The largest absolute Gasteiger partial charge is 0.296 e. The molecule has 0 N–H and O–H groups in total. The molecule has 0 amide bonds. The molecule has 0 bridgehead atoms. The van der Waals surface area contributed by atoms with Gasteiger partial charge in [0.25, 0.3) is 0 Å². The average Bonchev–Trinajstić information content (AvgIpc) is 3.22. The van der Waals surface area contributed by atoms with Gasteiger partial charge in [0, 0.05) is 50.6 Å². The maximum Gasteiger partial charge on any atom is 0.125 e. The topological polar surface area (TPSA) is 27.5 Å². The Bertz CT molecular complexity index is 812. The van der Waals surface area contributed by atoms with Crippen LogP contribution >= 0.6 is 12.1 Å². The van der Waals surface area contributed by atoms with Gasteiger partial charge in [-0.15, -0.1) is 0 Å². The number of rotatable bonds is 5. The number of likely N-dealkylation sites (tertiary alicyclic amines) is 1. The second-order valence-electron chi connectivity index (χ2n) is 8.19. The van der Waals surface area contributed by atoms with Gasteiger partial charge in [-0.25, -0.2) is 8.70 Å². The summed E-state index contributed by atoms with van der Waals surface area (Å²) in [5.74, 6) is -0.169. The minimum Gasteiger partial charge on any atom is -0.296 e. The molecule has 7 heteroatoms. The van der Waals surface area contributed by atoms with Gasteiger partial charge in [-0.3, -0.25) is 13.9 Å². The van der Waals surface area contributed by atoms with Gasteiger partial charge in [0.2, 0.25) is 0 Å². The zero-order valence-corrected chi connectivity index (χ0v) is 17.8. The van der Waals surface area contributed by atoms with Crippen molar-refractivity contribution in [1.82, 2.24) is 19.0 Å². The van der Waals surface area contributed by atoms with Crippen molar-refractivity contribution in [2.45, 2.75) is 57.8 Å². The third-order valence-electron chi connectivity index (χ3n) is 5.98. The highest BCUT2D eigenvalue weighted by Gasteiger charge is 2.48. The van der Waals surface area contributed by atoms with Crippen LogP contribution in [0.1, 0.15) is 38.8 Å². The van der Waals surface area contributed by atoms with E-state index in [0.717, 1.165) is 51.1 Å². The van der Waals surface area contributed by atoms with E-state index < -0.39 is 0 Å². The molecule has 0 aliphatic carbocycles. The van der Waals surface area contributed by atoms with Gasteiger partial charge in [0.05, 0.1) is 16.9 Å². The van der Waals surface area contributed by atoms with Crippen LogP contribution in [0.5, 0.6) is 0 Å². The summed E-state index contributed by atoms with van der Waals surface area (Å²) in [7, 11) is 2.13. The molecule has 3 heterocycles. The van der Waals surface area contributed by atoms with E-state index >= 15 is 0 Å². The predicted molar refractivity (Wildman–Crippen MR) is 113 cm³/mol. The standard InChI is InChI=1S/C21H30FN5S/c1-4-11-26-20(8-10-23-26)15-25-12-9-21(14-17(25)2)16-24(3)28-27(21)19-7-5-6-18(22)13-19/h5-8,10,13,17H,4,9,11-12,14-16H2,1-3H3/t17-,21+/m0/s1. The van der Waals surface area contributed by atoms with Crippen LogP contribution < -0.4 is 4.31 Å². The SMILES string of the molecule is CCCn1nccc1CN1CC[C@@]2(C[C@@H]1C)CN(C)SN2c1cccc(F)c1. The zero-order chi connectivity index (χ0) is 19.7. The predicted octanol–water partition coefficient (Wildman–Crippen LogP) is 4.17. The Labute approximate surface area is 171 Å². The molecule has 4 rings (SSSR count). The van der Waals surface area contributed by atoms with Gasteiger partial charge < -0.3 is 0 Å². The molecule has 0 radical (unpaired) electrons. The van der Waals surface area contributed by atoms with Gasteiger partial charge >= 0.3 is 0 Å². The van der Waals surface area contributed by atoms with E-state index in [0.29, 0.717) is 6.04 Å². The number of halogens is 1. The van der Waals surface area contributed by atoms with E-state index in [1.54, 1.807) is 18.2 Å². The first-order valence-electron chi connectivity index (χ1n) is 10.2. The molecule has 0 saturated carbocycles. The fourth-order valence-electron chi connectivity index (χ4n) is 4.69. The molecule has 2 fully saturated rings. The van der Waals surface area contributed by atoms with Crippen molar-refractivity contribution >= 4 is 17.8 Å². The molecule has 2 saturated heterocycles. The van der Waals surface area contributed by atoms with Gasteiger partial charge in [-0.2, -0.15) is 5.10 Å². The molecule has 2 aromatic rings. The number of aromatic nitrogens is 2. The molecule has 1 aromatic heterocycles. The van der Waals surface area contributed by atoms with E-state index in [1.165, 1.54) is 11.8 Å². The van der Waals surface area contributed by atoms with Crippen LogP contribution in [-0.4, -0.2) is 50.7 Å². The highest BCUT2D eigenvalue weighted by Crippen LogP contribution is 2.46. The van der Waals surface area contributed by atoms with E-state index in [-0.39, 0.29) is 11.4 Å². The van der Waals surface area contributed by atoms with Crippen molar-refractivity contribution in [3.63, 3.8) is 0 Å². The molecule has 1 aromatic carbocycles. The minimum absolute atomic E-state index is 0.0484. The molecule has 2 atom stereocenters. The number of hydrogen-bond acceptors (Lipinski definition) is 5. The maximum atomic E-state index is 13.9. The summed E-state index contributed by atoms with van der Waals surface area (Å²) in [5, 5.41) is 4.47. The second-order valence-corrected chi connectivity index (χ2v) is 9.34. The monoisotopic (exact) mass is 403 g/mol. The van der Waals surface area contributed by atoms with Crippen LogP contribution in [-0.2, 0) is 13.1 Å². The first kappa shape index (κ1) is 19.7. The Morgan fingerprint density at radius 3 is 2.93 bits per heavy atom. The Morgan fingerprint density at radius 2 is 2.18 bits per heavy atom. The van der Waals surface area contributed by atoms with E-state index in [4.69, 9.17) is 0 Å². The summed E-state index contributed by atoms with van der Waals surface area (Å²) in [4.78, 5) is 2.57. The molecular formula is C21H30FN5S. The average molecular weight is 404 g/mol. The highest BCUT2D eigenvalue weighted by molar-refractivity contribution is 7.98. The Kier molecular flexibility index (Phi) is 5.67. The van der Waals surface area contributed by atoms with Crippen molar-refractivity contribution in [2.24, 2.45) is 0 Å². The number of hydrogen-bond donors (Lipinski definition) is 0. The zero-order valence-electron chi connectivity index (χ0n) is 17.0. The third-order valence-corrected chi connectivity index (χ3v) is 7.15. The van der Waals surface area contributed by atoms with Crippen LogP contribution in [0.2, 0.25) is 0 Å². The maximum absolute atomic E-state index is 13.9. The van der Waals surface area contributed by atoms with Crippen LogP contribution in [0.3, 0.4) is 0 Å². The van der Waals surface area contributed by atoms with Crippen LogP contribution in [0.25, 0.3) is 0 Å². The number of aryl methyl sites for hydroxylation is 1. The van der Waals surface area contributed by atoms with Crippen LogP contribution in [0.15, 0.2) is 36.5 Å². The Balaban J connectivity index is 1.51. The molecule has 2 aliphatic heterocycles. The highest BCUT2D eigenvalue weighted by atomic mass is 32.2. The molecular weight excluding hydrogens is 373 g/mol. The normalized spacial score (nSPS) is 26.4. The number of nitrogens with zero attached hydrogens (tertiary/aromatic N) is 5. The van der Waals surface area contributed by atoms with Gasteiger partial charge in [0.15, 0.2) is 0 Å². The van der Waals surface area contributed by atoms with Gasteiger partial charge in [-0.05, 0) is 57.5 Å². The van der Waals surface area contributed by atoms with Crippen LogP contribution in [0, 0.1) is 5.82 Å². The van der Waals surface area contributed by atoms with Crippen molar-refractivity contribution in [1.29, 1.82) is 0 Å². The molecule has 152 valence electrons.